The van der Waals surface area contributed by atoms with E-state index in [9.17, 15) is 4.79 Å². The zero-order chi connectivity index (χ0) is 15.3. The van der Waals surface area contributed by atoms with Gasteiger partial charge in [0.05, 0.1) is 4.99 Å². The lowest BCUT2D eigenvalue weighted by atomic mass is 9.97. The van der Waals surface area contributed by atoms with Gasteiger partial charge in [-0.15, -0.1) is 0 Å². The van der Waals surface area contributed by atoms with E-state index in [0.29, 0.717) is 6.42 Å². The van der Waals surface area contributed by atoms with Crippen LogP contribution in [0.5, 0.6) is 0 Å². The fraction of sp³-hybridized carbons (Fsp3) is 0.222. The van der Waals surface area contributed by atoms with Gasteiger partial charge in [-0.1, -0.05) is 52.4 Å². The van der Waals surface area contributed by atoms with Crippen LogP contribution >= 0.6 is 28.1 Å². The molecule has 0 radical (unpaired) electrons. The fourth-order valence-corrected chi connectivity index (χ4v) is 4.29. The third-order valence-electron chi connectivity index (χ3n) is 4.52. The molecule has 1 heterocycles. The van der Waals surface area contributed by atoms with Crippen molar-refractivity contribution in [2.45, 2.75) is 25.3 Å². The second-order valence-electron chi connectivity index (χ2n) is 5.88. The van der Waals surface area contributed by atoms with Crippen LogP contribution in [-0.2, 0) is 19.3 Å². The van der Waals surface area contributed by atoms with Crippen molar-refractivity contribution in [2.75, 3.05) is 0 Å². The number of amides is 1. The van der Waals surface area contributed by atoms with Gasteiger partial charge in [-0.25, -0.2) is 0 Å². The van der Waals surface area contributed by atoms with E-state index in [4.69, 9.17) is 12.2 Å². The maximum atomic E-state index is 12.9. The average Bonchev–Trinajstić information content (AvgIpc) is 2.90. The highest BCUT2D eigenvalue weighted by molar-refractivity contribution is 9.10. The normalized spacial score (nSPS) is 17.6. The molecule has 2 aromatic carbocycles. The van der Waals surface area contributed by atoms with Crippen molar-refractivity contribution in [1.82, 2.24) is 4.90 Å². The molecule has 2 aliphatic rings. The molecule has 22 heavy (non-hydrogen) atoms. The van der Waals surface area contributed by atoms with Crippen LogP contribution in [0.15, 0.2) is 46.9 Å². The second kappa shape index (κ2) is 5.28. The molecule has 4 heteroatoms. The summed E-state index contributed by atoms with van der Waals surface area (Å²) in [6.07, 6.45) is 2.46. The van der Waals surface area contributed by atoms with Gasteiger partial charge in [-0.3, -0.25) is 9.69 Å². The first-order chi connectivity index (χ1) is 10.6. The van der Waals surface area contributed by atoms with Gasteiger partial charge in [0.15, 0.2) is 0 Å². The van der Waals surface area contributed by atoms with Gasteiger partial charge in [0.25, 0.3) is 5.91 Å². The summed E-state index contributed by atoms with van der Waals surface area (Å²) in [5.74, 6) is 0.0524. The van der Waals surface area contributed by atoms with Crippen molar-refractivity contribution in [3.8, 4) is 0 Å². The highest BCUT2D eigenvalue weighted by Crippen LogP contribution is 2.31. The van der Waals surface area contributed by atoms with Gasteiger partial charge in [0.2, 0.25) is 0 Å². The SMILES string of the molecule is O=C1c2ccc(Br)cc2CC(=S)N1C1Cc2ccccc2C1. The molecule has 2 nitrogen and oxygen atoms in total. The largest absolute Gasteiger partial charge is 0.298 e. The third-order valence-corrected chi connectivity index (χ3v) is 5.36. The van der Waals surface area contributed by atoms with Gasteiger partial charge in [-0.05, 0) is 47.7 Å². The number of nitrogens with zero attached hydrogens (tertiary/aromatic N) is 1. The highest BCUT2D eigenvalue weighted by Gasteiger charge is 2.36. The maximum Gasteiger partial charge on any atom is 0.259 e. The first-order valence-electron chi connectivity index (χ1n) is 7.35. The Bertz CT molecular complexity index is 776. The first kappa shape index (κ1) is 14.1. The van der Waals surface area contributed by atoms with Crippen LogP contribution in [0.25, 0.3) is 0 Å². The number of fused-ring (bicyclic) bond motifs is 2. The van der Waals surface area contributed by atoms with Gasteiger partial charge >= 0.3 is 0 Å². The Balaban J connectivity index is 1.68. The molecule has 1 aliphatic heterocycles. The summed E-state index contributed by atoms with van der Waals surface area (Å²) in [5, 5.41) is 0. The average molecular weight is 372 g/mol. The first-order valence-corrected chi connectivity index (χ1v) is 8.55. The molecule has 0 saturated heterocycles. The van der Waals surface area contributed by atoms with Crippen molar-refractivity contribution >= 4 is 39.0 Å². The molecule has 0 spiro atoms. The molecular weight excluding hydrogens is 358 g/mol. The zero-order valence-corrected chi connectivity index (χ0v) is 14.3. The van der Waals surface area contributed by atoms with E-state index in [1.807, 2.05) is 23.1 Å². The Morgan fingerprint density at radius 2 is 1.73 bits per heavy atom. The van der Waals surface area contributed by atoms with Crippen molar-refractivity contribution in [2.24, 2.45) is 0 Å². The van der Waals surface area contributed by atoms with E-state index in [-0.39, 0.29) is 11.9 Å². The van der Waals surface area contributed by atoms with E-state index < -0.39 is 0 Å². The number of carbonyl (C=O) groups excluding carboxylic acids is 1. The number of carbonyl (C=O) groups is 1. The number of benzene rings is 2. The van der Waals surface area contributed by atoms with E-state index in [2.05, 4.69) is 40.2 Å². The molecule has 4 rings (SSSR count). The predicted molar refractivity (Wildman–Crippen MR) is 94.3 cm³/mol. The Labute approximate surface area is 143 Å². The predicted octanol–water partition coefficient (Wildman–Crippen LogP) is 3.94. The third kappa shape index (κ3) is 2.22. The molecule has 2 aromatic rings. The summed E-state index contributed by atoms with van der Waals surface area (Å²) in [4.78, 5) is 15.5. The number of thiocarbonyl (C=S) groups is 1. The molecule has 0 fully saturated rings. The summed E-state index contributed by atoms with van der Waals surface area (Å²) in [7, 11) is 0. The molecule has 0 bridgehead atoms. The minimum absolute atomic E-state index is 0.0524. The highest BCUT2D eigenvalue weighted by atomic mass is 79.9. The van der Waals surface area contributed by atoms with Crippen LogP contribution in [0.1, 0.15) is 27.0 Å². The lowest BCUT2D eigenvalue weighted by Crippen LogP contribution is -2.48. The Morgan fingerprint density at radius 3 is 2.41 bits per heavy atom. The second-order valence-corrected chi connectivity index (χ2v) is 7.26. The summed E-state index contributed by atoms with van der Waals surface area (Å²) in [5.41, 5.74) is 4.48. The van der Waals surface area contributed by atoms with Crippen molar-refractivity contribution in [3.63, 3.8) is 0 Å². The van der Waals surface area contributed by atoms with Crippen molar-refractivity contribution in [3.05, 3.63) is 69.2 Å². The standard InChI is InChI=1S/C18H14BrNOS/c19-14-5-6-16-13(7-14)10-17(22)20(18(16)21)15-8-11-3-1-2-4-12(11)9-15/h1-7,15H,8-10H2. The van der Waals surface area contributed by atoms with Crippen LogP contribution in [0, 0.1) is 0 Å². The summed E-state index contributed by atoms with van der Waals surface area (Å²) < 4.78 is 0.989. The van der Waals surface area contributed by atoms with E-state index in [0.717, 1.165) is 33.4 Å². The smallest absolute Gasteiger partial charge is 0.259 e. The van der Waals surface area contributed by atoms with Crippen LogP contribution in [-0.4, -0.2) is 21.8 Å². The van der Waals surface area contributed by atoms with Crippen molar-refractivity contribution < 1.29 is 4.79 Å². The Morgan fingerprint density at radius 1 is 1.05 bits per heavy atom. The number of rotatable bonds is 1. The van der Waals surface area contributed by atoms with Crippen LogP contribution in [0.3, 0.4) is 0 Å². The molecule has 1 amide bonds. The number of hydrogen-bond donors (Lipinski definition) is 0. The van der Waals surface area contributed by atoms with E-state index in [1.54, 1.807) is 0 Å². The minimum atomic E-state index is 0.0524. The van der Waals surface area contributed by atoms with Crippen LogP contribution in [0.4, 0.5) is 0 Å². The molecule has 0 saturated carbocycles. The van der Waals surface area contributed by atoms with Gasteiger partial charge in [0, 0.05) is 22.5 Å². The topological polar surface area (TPSA) is 20.3 Å². The van der Waals surface area contributed by atoms with E-state index >= 15 is 0 Å². The van der Waals surface area contributed by atoms with Gasteiger partial charge in [0.1, 0.15) is 0 Å². The summed E-state index contributed by atoms with van der Waals surface area (Å²) in [6, 6.07) is 14.4. The van der Waals surface area contributed by atoms with E-state index in [1.165, 1.54) is 11.1 Å². The molecule has 0 aromatic heterocycles. The summed E-state index contributed by atoms with van der Waals surface area (Å²) in [6.45, 7) is 0. The molecule has 110 valence electrons. The monoisotopic (exact) mass is 371 g/mol. The molecular formula is C18H14BrNOS. The van der Waals surface area contributed by atoms with Crippen molar-refractivity contribution in [1.29, 1.82) is 0 Å². The Kier molecular flexibility index (Phi) is 3.39. The lowest BCUT2D eigenvalue weighted by molar-refractivity contribution is 0.0799. The van der Waals surface area contributed by atoms with Crippen LogP contribution < -0.4 is 0 Å². The summed E-state index contributed by atoms with van der Waals surface area (Å²) >= 11 is 9.02. The minimum Gasteiger partial charge on any atom is -0.298 e. The zero-order valence-electron chi connectivity index (χ0n) is 11.9. The van der Waals surface area contributed by atoms with Gasteiger partial charge in [-0.2, -0.15) is 0 Å². The van der Waals surface area contributed by atoms with Crippen LogP contribution in [0.2, 0.25) is 0 Å². The van der Waals surface area contributed by atoms with Gasteiger partial charge < -0.3 is 0 Å². The fourth-order valence-electron chi connectivity index (χ4n) is 3.50. The lowest BCUT2D eigenvalue weighted by Gasteiger charge is -2.34. The molecule has 0 atom stereocenters. The molecule has 0 unspecified atom stereocenters. The molecule has 0 N–H and O–H groups in total. The quantitative estimate of drug-likeness (QED) is 0.707. The molecule has 1 aliphatic carbocycles. The number of hydrogen-bond acceptors (Lipinski definition) is 2. The Hall–Kier alpha value is -1.52. The maximum absolute atomic E-state index is 12.9. The number of halogens is 1.